The molecule has 0 radical (unpaired) electrons. The molecule has 0 amide bonds. The highest BCUT2D eigenvalue weighted by atomic mass is 16.5. The standard InChI is InChI=1S/C16H19NO3/c1-3-20-14-8-6-13(7-9-14)15(18)11-17-10-4-5-12(2)16(17)19/h4-10,15,18H,3,11H2,1-2H3. The maximum Gasteiger partial charge on any atom is 0.253 e. The third-order valence-electron chi connectivity index (χ3n) is 3.16. The summed E-state index contributed by atoms with van der Waals surface area (Å²) in [4.78, 5) is 11.9. The topological polar surface area (TPSA) is 51.5 Å². The van der Waals surface area contributed by atoms with Crippen LogP contribution in [0.3, 0.4) is 0 Å². The van der Waals surface area contributed by atoms with E-state index in [1.807, 2.05) is 37.3 Å². The van der Waals surface area contributed by atoms with Gasteiger partial charge in [-0.3, -0.25) is 4.79 Å². The van der Waals surface area contributed by atoms with Crippen molar-refractivity contribution in [3.8, 4) is 5.75 Å². The van der Waals surface area contributed by atoms with Crippen LogP contribution in [-0.2, 0) is 6.54 Å². The van der Waals surface area contributed by atoms with Gasteiger partial charge >= 0.3 is 0 Å². The molecule has 0 fully saturated rings. The number of aliphatic hydroxyl groups is 1. The average molecular weight is 273 g/mol. The van der Waals surface area contributed by atoms with Gasteiger partial charge in [0, 0.05) is 11.8 Å². The number of benzene rings is 1. The van der Waals surface area contributed by atoms with Gasteiger partial charge in [0.15, 0.2) is 0 Å². The highest BCUT2D eigenvalue weighted by Crippen LogP contribution is 2.18. The fourth-order valence-corrected chi connectivity index (χ4v) is 2.05. The fraction of sp³-hybridized carbons (Fsp3) is 0.312. The van der Waals surface area contributed by atoms with Crippen molar-refractivity contribution in [1.29, 1.82) is 0 Å². The molecule has 4 heteroatoms. The molecule has 1 atom stereocenters. The second-order valence-electron chi connectivity index (χ2n) is 4.67. The van der Waals surface area contributed by atoms with Crippen LogP contribution >= 0.6 is 0 Å². The van der Waals surface area contributed by atoms with Crippen molar-refractivity contribution >= 4 is 0 Å². The number of pyridine rings is 1. The van der Waals surface area contributed by atoms with Crippen LogP contribution in [0, 0.1) is 6.92 Å². The van der Waals surface area contributed by atoms with Crippen molar-refractivity contribution in [2.75, 3.05) is 6.61 Å². The third kappa shape index (κ3) is 3.27. The van der Waals surface area contributed by atoms with Crippen molar-refractivity contribution in [3.05, 3.63) is 64.1 Å². The Hall–Kier alpha value is -2.07. The molecular formula is C16H19NO3. The zero-order valence-corrected chi connectivity index (χ0v) is 11.7. The second kappa shape index (κ2) is 6.39. The van der Waals surface area contributed by atoms with Gasteiger partial charge in [-0.1, -0.05) is 18.2 Å². The zero-order valence-electron chi connectivity index (χ0n) is 11.7. The smallest absolute Gasteiger partial charge is 0.253 e. The molecule has 1 aromatic heterocycles. The molecule has 0 saturated carbocycles. The molecule has 1 aromatic carbocycles. The molecule has 2 aromatic rings. The molecule has 20 heavy (non-hydrogen) atoms. The van der Waals surface area contributed by atoms with Gasteiger partial charge in [-0.2, -0.15) is 0 Å². The molecule has 106 valence electrons. The molecule has 0 aliphatic rings. The summed E-state index contributed by atoms with van der Waals surface area (Å²) < 4.78 is 6.88. The molecule has 0 spiro atoms. The number of aryl methyl sites for hydroxylation is 1. The monoisotopic (exact) mass is 273 g/mol. The second-order valence-corrected chi connectivity index (χ2v) is 4.67. The van der Waals surface area contributed by atoms with E-state index in [0.29, 0.717) is 12.2 Å². The van der Waals surface area contributed by atoms with Gasteiger partial charge in [-0.15, -0.1) is 0 Å². The largest absolute Gasteiger partial charge is 0.494 e. The van der Waals surface area contributed by atoms with Crippen LogP contribution in [-0.4, -0.2) is 16.3 Å². The van der Waals surface area contributed by atoms with E-state index < -0.39 is 6.10 Å². The molecule has 1 unspecified atom stereocenters. The Morgan fingerprint density at radius 2 is 1.95 bits per heavy atom. The summed E-state index contributed by atoms with van der Waals surface area (Å²) in [6.07, 6.45) is 0.970. The lowest BCUT2D eigenvalue weighted by Gasteiger charge is -2.14. The third-order valence-corrected chi connectivity index (χ3v) is 3.16. The summed E-state index contributed by atoms with van der Waals surface area (Å²) >= 11 is 0. The normalized spacial score (nSPS) is 12.2. The van der Waals surface area contributed by atoms with Crippen LogP contribution < -0.4 is 10.3 Å². The molecular weight excluding hydrogens is 254 g/mol. The van der Waals surface area contributed by atoms with Crippen molar-refractivity contribution in [3.63, 3.8) is 0 Å². The number of ether oxygens (including phenoxy) is 1. The highest BCUT2D eigenvalue weighted by Gasteiger charge is 2.10. The minimum absolute atomic E-state index is 0.0718. The summed E-state index contributed by atoms with van der Waals surface area (Å²) in [5.41, 5.74) is 1.37. The van der Waals surface area contributed by atoms with Crippen LogP contribution in [0.4, 0.5) is 0 Å². The number of hydrogen-bond acceptors (Lipinski definition) is 3. The van der Waals surface area contributed by atoms with E-state index in [1.165, 1.54) is 4.57 Å². The quantitative estimate of drug-likeness (QED) is 0.909. The molecule has 0 bridgehead atoms. The fourth-order valence-electron chi connectivity index (χ4n) is 2.05. The maximum atomic E-state index is 11.9. The number of hydrogen-bond donors (Lipinski definition) is 1. The van der Waals surface area contributed by atoms with Crippen molar-refractivity contribution in [1.82, 2.24) is 4.57 Å². The van der Waals surface area contributed by atoms with Gasteiger partial charge in [0.2, 0.25) is 0 Å². The van der Waals surface area contributed by atoms with E-state index in [1.54, 1.807) is 19.2 Å². The maximum absolute atomic E-state index is 11.9. The van der Waals surface area contributed by atoms with E-state index >= 15 is 0 Å². The van der Waals surface area contributed by atoms with Gasteiger partial charge in [0.1, 0.15) is 5.75 Å². The molecule has 1 N–H and O–H groups in total. The van der Waals surface area contributed by atoms with E-state index in [9.17, 15) is 9.90 Å². The lowest BCUT2D eigenvalue weighted by Crippen LogP contribution is -2.24. The van der Waals surface area contributed by atoms with E-state index in [2.05, 4.69) is 0 Å². The lowest BCUT2D eigenvalue weighted by atomic mass is 10.1. The summed E-state index contributed by atoms with van der Waals surface area (Å²) in [5, 5.41) is 10.2. The van der Waals surface area contributed by atoms with Gasteiger partial charge in [-0.25, -0.2) is 0 Å². The van der Waals surface area contributed by atoms with Gasteiger partial charge in [0.05, 0.1) is 19.3 Å². The van der Waals surface area contributed by atoms with Gasteiger partial charge in [-0.05, 0) is 37.6 Å². The summed E-state index contributed by atoms with van der Waals surface area (Å²) in [5.74, 6) is 0.774. The Kier molecular flexibility index (Phi) is 4.58. The Morgan fingerprint density at radius 3 is 2.60 bits per heavy atom. The average Bonchev–Trinajstić information content (AvgIpc) is 2.45. The van der Waals surface area contributed by atoms with Crippen molar-refractivity contribution in [2.45, 2.75) is 26.5 Å². The first-order valence-corrected chi connectivity index (χ1v) is 6.68. The Morgan fingerprint density at radius 1 is 1.25 bits per heavy atom. The predicted octanol–water partition coefficient (Wildman–Crippen LogP) is 2.29. The molecule has 0 saturated heterocycles. The van der Waals surface area contributed by atoms with E-state index in [4.69, 9.17) is 4.74 Å². The van der Waals surface area contributed by atoms with Gasteiger partial charge < -0.3 is 14.4 Å². The molecule has 1 heterocycles. The minimum Gasteiger partial charge on any atom is -0.494 e. The molecule has 2 rings (SSSR count). The van der Waals surface area contributed by atoms with Gasteiger partial charge in [0.25, 0.3) is 5.56 Å². The van der Waals surface area contributed by atoms with Crippen LogP contribution in [0.15, 0.2) is 47.4 Å². The number of nitrogens with zero attached hydrogens (tertiary/aromatic N) is 1. The molecule has 0 aliphatic heterocycles. The zero-order chi connectivity index (χ0) is 14.5. The van der Waals surface area contributed by atoms with Crippen LogP contribution in [0.5, 0.6) is 5.75 Å². The van der Waals surface area contributed by atoms with Crippen LogP contribution in [0.1, 0.15) is 24.2 Å². The minimum atomic E-state index is -0.717. The summed E-state index contributed by atoms with van der Waals surface area (Å²) in [6.45, 7) is 4.55. The SMILES string of the molecule is CCOc1ccc(C(O)Cn2cccc(C)c2=O)cc1. The first kappa shape index (κ1) is 14.3. The first-order valence-electron chi connectivity index (χ1n) is 6.68. The van der Waals surface area contributed by atoms with Crippen LogP contribution in [0.2, 0.25) is 0 Å². The summed E-state index contributed by atoms with van der Waals surface area (Å²) in [7, 11) is 0. The summed E-state index contributed by atoms with van der Waals surface area (Å²) in [6, 6.07) is 10.8. The highest BCUT2D eigenvalue weighted by molar-refractivity contribution is 5.28. The molecule has 0 aliphatic carbocycles. The number of rotatable bonds is 5. The first-order chi connectivity index (χ1) is 9.61. The van der Waals surface area contributed by atoms with E-state index in [-0.39, 0.29) is 12.1 Å². The number of aromatic nitrogens is 1. The Balaban J connectivity index is 2.13. The molecule has 4 nitrogen and oxygen atoms in total. The lowest BCUT2D eigenvalue weighted by molar-refractivity contribution is 0.155. The Labute approximate surface area is 118 Å². The van der Waals surface area contributed by atoms with Crippen molar-refractivity contribution < 1.29 is 9.84 Å². The van der Waals surface area contributed by atoms with Crippen molar-refractivity contribution in [2.24, 2.45) is 0 Å². The Bertz CT molecular complexity index is 616. The van der Waals surface area contributed by atoms with Crippen LogP contribution in [0.25, 0.3) is 0 Å². The number of aliphatic hydroxyl groups excluding tert-OH is 1. The van der Waals surface area contributed by atoms with E-state index in [0.717, 1.165) is 11.3 Å². The predicted molar refractivity (Wildman–Crippen MR) is 78.0 cm³/mol.